The smallest absolute Gasteiger partial charge is 0.152 e. The van der Waals surface area contributed by atoms with Gasteiger partial charge >= 0.3 is 0 Å². The number of aliphatic hydroxyl groups excluding tert-OH is 1. The number of nitrogens with zero attached hydrogens (tertiary/aromatic N) is 2. The first kappa shape index (κ1) is 16.1. The maximum absolute atomic E-state index is 13.8. The maximum Gasteiger partial charge on any atom is 0.152 e. The summed E-state index contributed by atoms with van der Waals surface area (Å²) in [5, 5.41) is 12.9. The van der Waals surface area contributed by atoms with E-state index in [1.807, 2.05) is 0 Å². The van der Waals surface area contributed by atoms with Gasteiger partial charge in [-0.2, -0.15) is 0 Å². The summed E-state index contributed by atoms with van der Waals surface area (Å²) in [5.74, 6) is -0.818. The van der Waals surface area contributed by atoms with E-state index >= 15 is 0 Å². The molecule has 3 rings (SSSR count). The van der Waals surface area contributed by atoms with Crippen molar-refractivity contribution in [3.8, 4) is 0 Å². The van der Waals surface area contributed by atoms with Gasteiger partial charge in [0.1, 0.15) is 11.3 Å². The number of anilines is 1. The predicted molar refractivity (Wildman–Crippen MR) is 86.4 cm³/mol. The lowest BCUT2D eigenvalue weighted by molar-refractivity contribution is 0.134. The van der Waals surface area contributed by atoms with Gasteiger partial charge in [-0.15, -0.1) is 0 Å². The van der Waals surface area contributed by atoms with Crippen LogP contribution in [0, 0.1) is 17.6 Å². The molecule has 0 saturated carbocycles. The molecule has 124 valence electrons. The van der Waals surface area contributed by atoms with Crippen molar-refractivity contribution in [2.24, 2.45) is 5.92 Å². The van der Waals surface area contributed by atoms with Crippen LogP contribution in [0.2, 0.25) is 0 Å². The summed E-state index contributed by atoms with van der Waals surface area (Å²) in [6.45, 7) is 3.79. The van der Waals surface area contributed by atoms with Gasteiger partial charge in [0.05, 0.1) is 0 Å². The molecule has 4 nitrogen and oxygen atoms in total. The Bertz CT molecular complexity index is 672. The number of rotatable bonds is 5. The Morgan fingerprint density at radius 2 is 2.04 bits per heavy atom. The van der Waals surface area contributed by atoms with Gasteiger partial charge in [-0.1, -0.05) is 0 Å². The first-order valence-corrected chi connectivity index (χ1v) is 7.98. The highest BCUT2D eigenvalue weighted by molar-refractivity contribution is 5.91. The molecule has 0 spiro atoms. The number of hydrogen-bond acceptors (Lipinski definition) is 4. The van der Waals surface area contributed by atoms with Crippen LogP contribution in [0.15, 0.2) is 24.4 Å². The summed E-state index contributed by atoms with van der Waals surface area (Å²) in [6.07, 6.45) is 3.56. The Morgan fingerprint density at radius 3 is 2.78 bits per heavy atom. The molecule has 6 heteroatoms. The van der Waals surface area contributed by atoms with E-state index in [1.54, 1.807) is 6.07 Å². The van der Waals surface area contributed by atoms with Gasteiger partial charge in [-0.3, -0.25) is 4.98 Å². The second kappa shape index (κ2) is 7.19. The summed E-state index contributed by atoms with van der Waals surface area (Å²) in [6, 6.07) is 3.89. The highest BCUT2D eigenvalue weighted by atomic mass is 19.1. The molecule has 2 aromatic rings. The van der Waals surface area contributed by atoms with Crippen molar-refractivity contribution in [1.82, 2.24) is 9.88 Å². The van der Waals surface area contributed by atoms with Gasteiger partial charge in [0.25, 0.3) is 0 Å². The van der Waals surface area contributed by atoms with Crippen LogP contribution in [0.5, 0.6) is 0 Å². The summed E-state index contributed by atoms with van der Waals surface area (Å²) in [4.78, 5) is 6.32. The first-order chi connectivity index (χ1) is 11.2. The van der Waals surface area contributed by atoms with Gasteiger partial charge in [0, 0.05) is 43.0 Å². The molecule has 1 fully saturated rings. The Labute approximate surface area is 134 Å². The second-order valence-corrected chi connectivity index (χ2v) is 6.04. The number of likely N-dealkylation sites (tertiary alicyclic amines) is 1. The van der Waals surface area contributed by atoms with Crippen molar-refractivity contribution < 1.29 is 13.9 Å². The average molecular weight is 321 g/mol. The molecule has 2 heterocycles. The van der Waals surface area contributed by atoms with Crippen molar-refractivity contribution in [2.45, 2.75) is 12.8 Å². The molecule has 0 unspecified atom stereocenters. The predicted octanol–water partition coefficient (Wildman–Crippen LogP) is 2.63. The van der Waals surface area contributed by atoms with Crippen molar-refractivity contribution in [2.75, 3.05) is 38.1 Å². The molecule has 0 bridgehead atoms. The number of nitrogens with one attached hydrogen (secondary N) is 1. The largest absolute Gasteiger partial charge is 0.396 e. The van der Waals surface area contributed by atoms with Crippen LogP contribution in [0.25, 0.3) is 10.9 Å². The first-order valence-electron chi connectivity index (χ1n) is 7.98. The van der Waals surface area contributed by atoms with E-state index in [4.69, 9.17) is 5.11 Å². The van der Waals surface area contributed by atoms with Gasteiger partial charge in [-0.25, -0.2) is 8.78 Å². The number of pyridine rings is 1. The lowest BCUT2D eigenvalue weighted by Crippen LogP contribution is -2.37. The normalized spacial score (nSPS) is 16.8. The highest BCUT2D eigenvalue weighted by Gasteiger charge is 2.18. The van der Waals surface area contributed by atoms with Crippen molar-refractivity contribution in [3.05, 3.63) is 36.0 Å². The van der Waals surface area contributed by atoms with Crippen LogP contribution in [-0.4, -0.2) is 47.8 Å². The van der Waals surface area contributed by atoms with E-state index in [-0.39, 0.29) is 12.1 Å². The Balaban J connectivity index is 1.62. The molecular formula is C17H21F2N3O. The van der Waals surface area contributed by atoms with Crippen molar-refractivity contribution in [3.63, 3.8) is 0 Å². The molecule has 2 N–H and O–H groups in total. The van der Waals surface area contributed by atoms with Crippen LogP contribution < -0.4 is 5.32 Å². The minimum absolute atomic E-state index is 0.181. The molecule has 0 amide bonds. The van der Waals surface area contributed by atoms with Crippen molar-refractivity contribution >= 4 is 16.6 Å². The molecule has 1 saturated heterocycles. The minimum Gasteiger partial charge on any atom is -0.396 e. The van der Waals surface area contributed by atoms with Gasteiger partial charge in [0.2, 0.25) is 0 Å². The lowest BCUT2D eigenvalue weighted by atomic mass is 9.98. The number of aliphatic hydroxyl groups is 1. The fraction of sp³-hybridized carbons (Fsp3) is 0.471. The van der Waals surface area contributed by atoms with E-state index in [0.717, 1.165) is 38.5 Å². The molecule has 1 aliphatic rings. The van der Waals surface area contributed by atoms with E-state index in [0.29, 0.717) is 23.5 Å². The van der Waals surface area contributed by atoms with E-state index in [2.05, 4.69) is 15.2 Å². The number of fused-ring (bicyclic) bond motifs is 1. The molecule has 1 aromatic carbocycles. The van der Waals surface area contributed by atoms with Crippen LogP contribution in [0.4, 0.5) is 14.5 Å². The van der Waals surface area contributed by atoms with Crippen molar-refractivity contribution in [1.29, 1.82) is 0 Å². The molecule has 0 aliphatic carbocycles. The Morgan fingerprint density at radius 1 is 1.26 bits per heavy atom. The van der Waals surface area contributed by atoms with E-state index in [1.165, 1.54) is 12.3 Å². The topological polar surface area (TPSA) is 48.4 Å². The molecular weight excluding hydrogens is 300 g/mol. The van der Waals surface area contributed by atoms with Crippen LogP contribution in [0.1, 0.15) is 12.8 Å². The average Bonchev–Trinajstić information content (AvgIpc) is 2.56. The van der Waals surface area contributed by atoms with Crippen LogP contribution >= 0.6 is 0 Å². The standard InChI is InChI=1S/C17H21F2N3O/c18-13-9-14-16(1-4-21-17(14)15(19)10-13)20-5-8-22-6-2-12(11-23)3-7-22/h1,4,9-10,12,23H,2-3,5-8,11H2,(H,20,21). The molecule has 23 heavy (non-hydrogen) atoms. The monoisotopic (exact) mass is 321 g/mol. The van der Waals surface area contributed by atoms with Crippen LogP contribution in [-0.2, 0) is 0 Å². The van der Waals surface area contributed by atoms with Gasteiger partial charge in [-0.05, 0) is 44.0 Å². The molecule has 0 atom stereocenters. The summed E-state index contributed by atoms with van der Waals surface area (Å²) in [7, 11) is 0. The number of hydrogen-bond donors (Lipinski definition) is 2. The number of aromatic nitrogens is 1. The van der Waals surface area contributed by atoms with E-state index in [9.17, 15) is 8.78 Å². The zero-order valence-electron chi connectivity index (χ0n) is 12.9. The summed E-state index contributed by atoms with van der Waals surface area (Å²) in [5.41, 5.74) is 0.874. The summed E-state index contributed by atoms with van der Waals surface area (Å²) < 4.78 is 27.2. The lowest BCUT2D eigenvalue weighted by Gasteiger charge is -2.31. The Kier molecular flexibility index (Phi) is 5.03. The third-order valence-corrected chi connectivity index (χ3v) is 4.47. The number of piperidine rings is 1. The molecule has 1 aromatic heterocycles. The maximum atomic E-state index is 13.8. The van der Waals surface area contributed by atoms with E-state index < -0.39 is 11.6 Å². The fourth-order valence-electron chi connectivity index (χ4n) is 3.07. The van der Waals surface area contributed by atoms with Crippen LogP contribution in [0.3, 0.4) is 0 Å². The quantitative estimate of drug-likeness (QED) is 0.889. The number of benzene rings is 1. The third kappa shape index (κ3) is 3.76. The molecule has 1 aliphatic heterocycles. The summed E-state index contributed by atoms with van der Waals surface area (Å²) >= 11 is 0. The fourth-order valence-corrected chi connectivity index (χ4v) is 3.07. The van der Waals surface area contributed by atoms with Gasteiger partial charge in [0.15, 0.2) is 5.82 Å². The minimum atomic E-state index is -0.644. The van der Waals surface area contributed by atoms with Gasteiger partial charge < -0.3 is 15.3 Å². The SMILES string of the molecule is OCC1CCN(CCNc2ccnc3c(F)cc(F)cc23)CC1. The zero-order valence-corrected chi connectivity index (χ0v) is 12.9. The zero-order chi connectivity index (χ0) is 16.2. The molecule has 0 radical (unpaired) electrons. The highest BCUT2D eigenvalue weighted by Crippen LogP contribution is 2.25. The number of halogens is 2. The second-order valence-electron chi connectivity index (χ2n) is 6.04. The third-order valence-electron chi connectivity index (χ3n) is 4.47. The Hall–Kier alpha value is -1.79.